The molecule has 5 rings (SSSR count). The Hall–Kier alpha value is -1.34. The van der Waals surface area contributed by atoms with Crippen LogP contribution in [0.4, 0.5) is 0 Å². The molecule has 0 spiro atoms. The number of aliphatic hydroxyl groups excluding tert-OH is 2. The summed E-state index contributed by atoms with van der Waals surface area (Å²) in [4.78, 5) is 25.2. The summed E-state index contributed by atoms with van der Waals surface area (Å²) in [5.74, 6) is 0.0274. The van der Waals surface area contributed by atoms with E-state index in [2.05, 4.69) is 20.8 Å². The van der Waals surface area contributed by atoms with Gasteiger partial charge in [0.2, 0.25) is 0 Å². The lowest BCUT2D eigenvalue weighted by Crippen LogP contribution is -2.63. The van der Waals surface area contributed by atoms with E-state index in [1.165, 1.54) is 0 Å². The van der Waals surface area contributed by atoms with E-state index in [-0.39, 0.29) is 34.7 Å². The molecule has 0 aromatic rings. The van der Waals surface area contributed by atoms with Gasteiger partial charge in [0, 0.05) is 16.7 Å². The van der Waals surface area contributed by atoms with Gasteiger partial charge >= 0.3 is 0 Å². The minimum Gasteiger partial charge on any atom is -0.393 e. The minimum absolute atomic E-state index is 0.0125. The van der Waals surface area contributed by atoms with Crippen LogP contribution in [0.1, 0.15) is 59.3 Å². The number of Topliss-reactive ketones (excluding diaryl/α,β-unsaturated/α-hetero) is 1. The molecular weight excluding hydrogens is 396 g/mol. The molecule has 1 saturated heterocycles. The zero-order chi connectivity index (χ0) is 22.2. The van der Waals surface area contributed by atoms with E-state index in [4.69, 9.17) is 9.47 Å². The fourth-order valence-electron chi connectivity index (χ4n) is 8.12. The van der Waals surface area contributed by atoms with Crippen molar-refractivity contribution in [1.29, 1.82) is 0 Å². The number of aliphatic hydroxyl groups is 2. The first-order valence-electron chi connectivity index (χ1n) is 11.8. The van der Waals surface area contributed by atoms with Crippen LogP contribution in [-0.4, -0.2) is 52.5 Å². The van der Waals surface area contributed by atoms with Gasteiger partial charge < -0.3 is 19.7 Å². The summed E-state index contributed by atoms with van der Waals surface area (Å²) >= 11 is 0. The van der Waals surface area contributed by atoms with Crippen LogP contribution in [0, 0.1) is 28.6 Å². The lowest BCUT2D eigenvalue weighted by atomic mass is 9.46. The smallest absolute Gasteiger partial charge is 0.193 e. The van der Waals surface area contributed by atoms with E-state index >= 15 is 0 Å². The van der Waals surface area contributed by atoms with Crippen LogP contribution in [-0.2, 0) is 19.1 Å². The van der Waals surface area contributed by atoms with Crippen molar-refractivity contribution in [3.05, 3.63) is 23.8 Å². The zero-order valence-corrected chi connectivity index (χ0v) is 18.7. The first-order chi connectivity index (χ1) is 14.7. The molecule has 4 aliphatic carbocycles. The van der Waals surface area contributed by atoms with Crippen molar-refractivity contribution in [2.45, 2.75) is 83.4 Å². The maximum atomic E-state index is 13.2. The van der Waals surface area contributed by atoms with Gasteiger partial charge in [-0.2, -0.15) is 0 Å². The Morgan fingerprint density at radius 3 is 2.81 bits per heavy atom. The molecule has 170 valence electrons. The molecule has 3 saturated carbocycles. The molecule has 0 amide bonds. The summed E-state index contributed by atoms with van der Waals surface area (Å²) < 4.78 is 12.7. The number of hydrogen-bond acceptors (Lipinski definition) is 6. The summed E-state index contributed by atoms with van der Waals surface area (Å²) in [5.41, 5.74) is -1.05. The normalized spacial score (nSPS) is 50.4. The van der Waals surface area contributed by atoms with Crippen LogP contribution in [0.2, 0.25) is 0 Å². The number of allylic oxidation sites excluding steroid dienone is 4. The second kappa shape index (κ2) is 7.08. The number of ether oxygens (including phenoxy) is 2. The van der Waals surface area contributed by atoms with E-state index in [1.807, 2.05) is 6.08 Å². The number of hydrogen-bond donors (Lipinski definition) is 2. The number of fused-ring (bicyclic) bond motifs is 7. The Balaban J connectivity index is 1.55. The lowest BCUT2D eigenvalue weighted by molar-refractivity contribution is -0.200. The lowest BCUT2D eigenvalue weighted by Gasteiger charge is -2.59. The highest BCUT2D eigenvalue weighted by Gasteiger charge is 2.75. The highest BCUT2D eigenvalue weighted by atomic mass is 16.7. The van der Waals surface area contributed by atoms with Crippen molar-refractivity contribution in [3.63, 3.8) is 0 Å². The molecule has 5 aliphatic rings. The van der Waals surface area contributed by atoms with Gasteiger partial charge in [-0.3, -0.25) is 9.59 Å². The molecule has 6 heteroatoms. The molecule has 4 fully saturated rings. The predicted octanol–water partition coefficient (Wildman–Crippen LogP) is 2.72. The van der Waals surface area contributed by atoms with E-state index in [0.717, 1.165) is 24.8 Å². The average Bonchev–Trinajstić information content (AvgIpc) is 3.20. The fourth-order valence-corrected chi connectivity index (χ4v) is 8.12. The third kappa shape index (κ3) is 2.65. The molecule has 0 bridgehead atoms. The van der Waals surface area contributed by atoms with Gasteiger partial charge in [-0.15, -0.1) is 0 Å². The quantitative estimate of drug-likeness (QED) is 0.712. The highest BCUT2D eigenvalue weighted by molar-refractivity contribution is 6.01. The predicted molar refractivity (Wildman–Crippen MR) is 113 cm³/mol. The van der Waals surface area contributed by atoms with Gasteiger partial charge in [-0.25, -0.2) is 0 Å². The Morgan fingerprint density at radius 2 is 2.10 bits per heavy atom. The Morgan fingerprint density at radius 1 is 1.32 bits per heavy atom. The molecule has 2 N–H and O–H groups in total. The second-order valence-electron chi connectivity index (χ2n) is 10.7. The summed E-state index contributed by atoms with van der Waals surface area (Å²) in [7, 11) is 0. The van der Waals surface area contributed by atoms with Gasteiger partial charge in [0.1, 0.15) is 6.61 Å². The number of carbonyl (C=O) groups excluding carboxylic acids is 2. The minimum atomic E-state index is -1.20. The molecule has 1 heterocycles. The zero-order valence-electron chi connectivity index (χ0n) is 18.7. The SMILES string of the molecule is CCCC1O[C@H]2CC3C4CCC5=CC(=O)C=CC5(C)C4C(O)CC3(C)[C@@]2(C(=O)CO)O1. The topological polar surface area (TPSA) is 93.1 Å². The Bertz CT molecular complexity index is 862. The van der Waals surface area contributed by atoms with Crippen molar-refractivity contribution < 1.29 is 29.3 Å². The van der Waals surface area contributed by atoms with E-state index < -0.39 is 36.1 Å². The van der Waals surface area contributed by atoms with Crippen molar-refractivity contribution in [2.24, 2.45) is 28.6 Å². The summed E-state index contributed by atoms with van der Waals surface area (Å²) in [5, 5.41) is 21.4. The summed E-state index contributed by atoms with van der Waals surface area (Å²) in [6.07, 6.45) is 8.31. The van der Waals surface area contributed by atoms with Crippen molar-refractivity contribution in [1.82, 2.24) is 0 Å². The third-order valence-corrected chi connectivity index (χ3v) is 9.37. The standard InChI is InChI=1S/C25H34O6/c1-4-5-21-30-20-11-17-16-7-6-14-10-15(27)8-9-23(14,2)22(16)18(28)12-24(17,3)25(20,31-21)19(29)13-26/h8-10,16-18,20-22,26,28H,4-7,11-13H2,1-3H3/t16?,17?,18?,20-,21?,22?,23?,24?,25-/m0/s1. The van der Waals surface area contributed by atoms with Gasteiger partial charge in [-0.05, 0) is 56.1 Å². The first kappa shape index (κ1) is 21.5. The summed E-state index contributed by atoms with van der Waals surface area (Å²) in [6.45, 7) is 5.67. The number of carbonyl (C=O) groups is 2. The molecule has 0 aromatic carbocycles. The molecule has 1 aliphatic heterocycles. The van der Waals surface area contributed by atoms with Crippen molar-refractivity contribution in [2.75, 3.05) is 6.61 Å². The maximum Gasteiger partial charge on any atom is 0.193 e. The monoisotopic (exact) mass is 430 g/mol. The number of ketones is 2. The largest absolute Gasteiger partial charge is 0.393 e. The summed E-state index contributed by atoms with van der Waals surface area (Å²) in [6, 6.07) is 0. The first-order valence-corrected chi connectivity index (χ1v) is 11.8. The maximum absolute atomic E-state index is 13.2. The van der Waals surface area contributed by atoms with E-state index in [0.29, 0.717) is 19.3 Å². The highest BCUT2D eigenvalue weighted by Crippen LogP contribution is 2.69. The van der Waals surface area contributed by atoms with Gasteiger partial charge in [0.15, 0.2) is 23.5 Å². The van der Waals surface area contributed by atoms with Crippen LogP contribution in [0.15, 0.2) is 23.8 Å². The second-order valence-corrected chi connectivity index (χ2v) is 10.7. The Labute approximate surface area is 183 Å². The molecule has 0 radical (unpaired) electrons. The van der Waals surface area contributed by atoms with Crippen LogP contribution in [0.3, 0.4) is 0 Å². The molecule has 31 heavy (non-hydrogen) atoms. The van der Waals surface area contributed by atoms with Gasteiger partial charge in [0.25, 0.3) is 0 Å². The molecule has 6 nitrogen and oxygen atoms in total. The fraction of sp³-hybridized carbons (Fsp3) is 0.760. The van der Waals surface area contributed by atoms with Crippen LogP contribution in [0.25, 0.3) is 0 Å². The molecule has 7 unspecified atom stereocenters. The number of rotatable bonds is 4. The van der Waals surface area contributed by atoms with Crippen molar-refractivity contribution in [3.8, 4) is 0 Å². The molecule has 0 aromatic heterocycles. The molecule has 9 atom stereocenters. The van der Waals surface area contributed by atoms with Crippen LogP contribution in [0.5, 0.6) is 0 Å². The molecular formula is C25H34O6. The Kier molecular flexibility index (Phi) is 4.91. The average molecular weight is 431 g/mol. The van der Waals surface area contributed by atoms with Gasteiger partial charge in [-0.1, -0.05) is 38.8 Å². The van der Waals surface area contributed by atoms with Gasteiger partial charge in [0.05, 0.1) is 12.2 Å². The van der Waals surface area contributed by atoms with E-state index in [1.54, 1.807) is 12.2 Å². The van der Waals surface area contributed by atoms with Crippen molar-refractivity contribution >= 4 is 11.6 Å². The van der Waals surface area contributed by atoms with Crippen LogP contribution >= 0.6 is 0 Å². The van der Waals surface area contributed by atoms with Crippen LogP contribution < -0.4 is 0 Å². The van der Waals surface area contributed by atoms with E-state index in [9.17, 15) is 19.8 Å². The third-order valence-electron chi connectivity index (χ3n) is 9.37.